The average molecular weight is 356 g/mol. The topological polar surface area (TPSA) is 76.4 Å². The maximum Gasteiger partial charge on any atom is 0.282 e. The van der Waals surface area contributed by atoms with Gasteiger partial charge >= 0.3 is 0 Å². The summed E-state index contributed by atoms with van der Waals surface area (Å²) in [6.45, 7) is 0. The lowest BCUT2D eigenvalue weighted by atomic mass is 10.3. The number of nitrogens with zero attached hydrogens (tertiary/aromatic N) is 3. The molecule has 6 nitrogen and oxygen atoms in total. The third-order valence-electron chi connectivity index (χ3n) is 3.52. The number of carbonyl (C=O) groups is 1. The Labute approximate surface area is 144 Å². The van der Waals surface area contributed by atoms with Crippen molar-refractivity contribution < 1.29 is 4.79 Å². The van der Waals surface area contributed by atoms with Gasteiger partial charge in [-0.1, -0.05) is 12.1 Å². The van der Waals surface area contributed by atoms with E-state index in [2.05, 4.69) is 15.3 Å². The van der Waals surface area contributed by atoms with E-state index in [1.165, 1.54) is 21.9 Å². The highest BCUT2D eigenvalue weighted by Crippen LogP contribution is 2.22. The van der Waals surface area contributed by atoms with Gasteiger partial charge in [0.2, 0.25) is 5.91 Å². The number of carbonyl (C=O) groups excluding carboxylic acids is 1. The highest BCUT2D eigenvalue weighted by Gasteiger charge is 2.11. The molecule has 1 aromatic carbocycles. The molecule has 4 rings (SSSR count). The molecule has 24 heavy (non-hydrogen) atoms. The van der Waals surface area contributed by atoms with Crippen LogP contribution in [0.15, 0.2) is 46.8 Å². The molecule has 0 aliphatic rings. The summed E-state index contributed by atoms with van der Waals surface area (Å²) >= 11 is 2.95. The smallest absolute Gasteiger partial charge is 0.282 e. The van der Waals surface area contributed by atoms with Crippen LogP contribution in [-0.4, -0.2) is 20.3 Å². The summed E-state index contributed by atoms with van der Waals surface area (Å²) in [7, 11) is 0. The Bertz CT molecular complexity index is 1060. The van der Waals surface area contributed by atoms with Gasteiger partial charge in [-0.2, -0.15) is 0 Å². The lowest BCUT2D eigenvalue weighted by molar-refractivity contribution is -0.116. The molecule has 3 heterocycles. The van der Waals surface area contributed by atoms with Crippen molar-refractivity contribution in [2.45, 2.75) is 12.8 Å². The molecule has 0 fully saturated rings. The van der Waals surface area contributed by atoms with Crippen molar-refractivity contribution in [3.8, 4) is 0 Å². The minimum Gasteiger partial charge on any atom is -0.320 e. The average Bonchev–Trinajstić information content (AvgIpc) is 3.22. The SMILES string of the molecule is O=C(CCc1nc2ccccc2s1)Nc1cnc2sccn2c1=O. The summed E-state index contributed by atoms with van der Waals surface area (Å²) < 4.78 is 2.53. The molecule has 0 unspecified atom stereocenters. The zero-order valence-corrected chi connectivity index (χ0v) is 14.1. The van der Waals surface area contributed by atoms with E-state index in [0.29, 0.717) is 11.4 Å². The summed E-state index contributed by atoms with van der Waals surface area (Å²) in [5.41, 5.74) is 0.873. The van der Waals surface area contributed by atoms with Crippen LogP contribution in [-0.2, 0) is 11.2 Å². The lowest BCUT2D eigenvalue weighted by Crippen LogP contribution is -2.22. The molecular weight excluding hydrogens is 344 g/mol. The van der Waals surface area contributed by atoms with Gasteiger partial charge in [0.15, 0.2) is 4.96 Å². The van der Waals surface area contributed by atoms with Crippen LogP contribution in [0.2, 0.25) is 0 Å². The van der Waals surface area contributed by atoms with E-state index in [0.717, 1.165) is 15.2 Å². The highest BCUT2D eigenvalue weighted by atomic mass is 32.1. The Hall–Kier alpha value is -2.58. The molecule has 0 saturated heterocycles. The van der Waals surface area contributed by atoms with Crippen molar-refractivity contribution in [1.82, 2.24) is 14.4 Å². The molecule has 8 heteroatoms. The zero-order valence-electron chi connectivity index (χ0n) is 12.4. The van der Waals surface area contributed by atoms with Crippen LogP contribution in [0.25, 0.3) is 15.2 Å². The molecule has 0 saturated carbocycles. The lowest BCUT2D eigenvalue weighted by Gasteiger charge is -2.03. The minimum atomic E-state index is -0.269. The van der Waals surface area contributed by atoms with Crippen LogP contribution in [0.5, 0.6) is 0 Å². The Morgan fingerprint density at radius 1 is 1.29 bits per heavy atom. The Kier molecular flexibility index (Phi) is 3.83. The van der Waals surface area contributed by atoms with Gasteiger partial charge in [0.05, 0.1) is 21.4 Å². The first-order valence-corrected chi connectivity index (χ1v) is 8.99. The van der Waals surface area contributed by atoms with Crippen LogP contribution in [0.3, 0.4) is 0 Å². The number of fused-ring (bicyclic) bond motifs is 2. The number of anilines is 1. The summed E-state index contributed by atoms with van der Waals surface area (Å²) in [5.74, 6) is -0.219. The van der Waals surface area contributed by atoms with Crippen molar-refractivity contribution in [2.24, 2.45) is 0 Å². The first kappa shape index (κ1) is 15.0. The number of nitrogens with one attached hydrogen (secondary N) is 1. The molecule has 0 bridgehead atoms. The highest BCUT2D eigenvalue weighted by molar-refractivity contribution is 7.18. The van der Waals surface area contributed by atoms with Crippen molar-refractivity contribution in [3.63, 3.8) is 0 Å². The van der Waals surface area contributed by atoms with Gasteiger partial charge in [0.25, 0.3) is 5.56 Å². The van der Waals surface area contributed by atoms with E-state index in [4.69, 9.17) is 0 Å². The number of hydrogen-bond acceptors (Lipinski definition) is 6. The molecule has 1 N–H and O–H groups in total. The Morgan fingerprint density at radius 2 is 2.17 bits per heavy atom. The van der Waals surface area contributed by atoms with Gasteiger partial charge < -0.3 is 5.32 Å². The maximum absolute atomic E-state index is 12.2. The van der Waals surface area contributed by atoms with Crippen molar-refractivity contribution in [1.29, 1.82) is 0 Å². The number of thiazole rings is 2. The maximum atomic E-state index is 12.2. The van der Waals surface area contributed by atoms with Crippen LogP contribution < -0.4 is 10.9 Å². The summed E-state index contributed by atoms with van der Waals surface area (Å²) in [6, 6.07) is 7.88. The molecule has 0 radical (unpaired) electrons. The van der Waals surface area contributed by atoms with Gasteiger partial charge in [-0.05, 0) is 12.1 Å². The van der Waals surface area contributed by atoms with E-state index >= 15 is 0 Å². The fourth-order valence-corrected chi connectivity index (χ4v) is 4.01. The molecule has 0 aliphatic carbocycles. The van der Waals surface area contributed by atoms with Gasteiger partial charge in [-0.25, -0.2) is 9.97 Å². The molecule has 120 valence electrons. The number of aryl methyl sites for hydroxylation is 1. The third kappa shape index (κ3) is 2.81. The van der Waals surface area contributed by atoms with Crippen LogP contribution >= 0.6 is 22.7 Å². The van der Waals surface area contributed by atoms with Crippen LogP contribution in [0.4, 0.5) is 5.69 Å². The van der Waals surface area contributed by atoms with Crippen LogP contribution in [0.1, 0.15) is 11.4 Å². The first-order valence-electron chi connectivity index (χ1n) is 7.30. The van der Waals surface area contributed by atoms with E-state index in [-0.39, 0.29) is 23.6 Å². The van der Waals surface area contributed by atoms with Crippen LogP contribution in [0, 0.1) is 0 Å². The second kappa shape index (κ2) is 6.14. The molecule has 0 aliphatic heterocycles. The normalized spacial score (nSPS) is 11.2. The van der Waals surface area contributed by atoms with E-state index in [1.807, 2.05) is 24.3 Å². The Balaban J connectivity index is 1.46. The Morgan fingerprint density at radius 3 is 3.04 bits per heavy atom. The summed E-state index contributed by atoms with van der Waals surface area (Å²) in [4.78, 5) is 33.6. The molecule has 1 amide bonds. The first-order chi connectivity index (χ1) is 11.7. The van der Waals surface area contributed by atoms with Crippen molar-refractivity contribution >= 4 is 49.4 Å². The fourth-order valence-electron chi connectivity index (χ4n) is 2.37. The largest absolute Gasteiger partial charge is 0.320 e. The van der Waals surface area contributed by atoms with E-state index in [9.17, 15) is 9.59 Å². The zero-order chi connectivity index (χ0) is 16.5. The number of para-hydroxylation sites is 1. The molecule has 4 aromatic rings. The predicted molar refractivity (Wildman–Crippen MR) is 95.9 cm³/mol. The van der Waals surface area contributed by atoms with Gasteiger partial charge in [0.1, 0.15) is 5.69 Å². The van der Waals surface area contributed by atoms with Gasteiger partial charge in [0, 0.05) is 24.4 Å². The standard InChI is InChI=1S/C16H12N4O2S2/c21-13(5-6-14-19-10-3-1-2-4-12(10)24-14)18-11-9-17-16-20(15(11)22)7-8-23-16/h1-4,7-9H,5-6H2,(H,18,21). The number of benzene rings is 1. The quantitative estimate of drug-likeness (QED) is 0.610. The number of hydrogen-bond donors (Lipinski definition) is 1. The summed E-state index contributed by atoms with van der Waals surface area (Å²) in [6.07, 6.45) is 3.86. The number of aromatic nitrogens is 3. The molecule has 0 spiro atoms. The second-order valence-corrected chi connectivity index (χ2v) is 7.14. The second-order valence-electron chi connectivity index (χ2n) is 5.16. The number of rotatable bonds is 4. The monoisotopic (exact) mass is 356 g/mol. The minimum absolute atomic E-state index is 0.195. The van der Waals surface area contributed by atoms with E-state index < -0.39 is 0 Å². The fraction of sp³-hybridized carbons (Fsp3) is 0.125. The predicted octanol–water partition coefficient (Wildman–Crippen LogP) is 2.94. The third-order valence-corrected chi connectivity index (χ3v) is 5.39. The number of amides is 1. The van der Waals surface area contributed by atoms with Gasteiger partial charge in [-0.3, -0.25) is 14.0 Å². The molecule has 3 aromatic heterocycles. The van der Waals surface area contributed by atoms with Gasteiger partial charge in [-0.15, -0.1) is 22.7 Å². The molecular formula is C16H12N4O2S2. The summed E-state index contributed by atoms with van der Waals surface area (Å²) in [5, 5.41) is 5.33. The van der Waals surface area contributed by atoms with Crippen molar-refractivity contribution in [2.75, 3.05) is 5.32 Å². The van der Waals surface area contributed by atoms with E-state index in [1.54, 1.807) is 22.9 Å². The molecule has 0 atom stereocenters. The van der Waals surface area contributed by atoms with Crippen molar-refractivity contribution in [3.05, 3.63) is 57.4 Å².